The van der Waals surface area contributed by atoms with Crippen LogP contribution in [-0.2, 0) is 4.79 Å². The van der Waals surface area contributed by atoms with Crippen LogP contribution in [0.25, 0.3) is 11.3 Å². The number of hydrogen-bond donors (Lipinski definition) is 1. The molecule has 5 rings (SSSR count). The van der Waals surface area contributed by atoms with Gasteiger partial charge in [-0.3, -0.25) is 4.79 Å². The van der Waals surface area contributed by atoms with Crippen LogP contribution in [0.3, 0.4) is 0 Å². The monoisotopic (exact) mass is 452 g/mol. The van der Waals surface area contributed by atoms with Crippen LogP contribution in [0.4, 0.5) is 13.9 Å². The minimum Gasteiger partial charge on any atom is -0.302 e. The number of aromatic nitrogens is 1. The van der Waals surface area contributed by atoms with Crippen LogP contribution in [0.5, 0.6) is 0 Å². The second-order valence-electron chi connectivity index (χ2n) is 8.06. The molecule has 2 aromatic rings. The Bertz CT molecular complexity index is 912. The predicted molar refractivity (Wildman–Crippen MR) is 117 cm³/mol. The molecule has 1 saturated heterocycles. The molecule has 3 nitrogen and oxygen atoms in total. The van der Waals surface area contributed by atoms with E-state index in [1.807, 2.05) is 0 Å². The number of anilines is 1. The highest BCUT2D eigenvalue weighted by Crippen LogP contribution is 2.64. The fraction of sp³-hybridized carbons (Fsp3) is 0.524. The van der Waals surface area contributed by atoms with Gasteiger partial charge in [0.05, 0.1) is 9.77 Å². The molecular weight excluding hydrogens is 430 g/mol. The normalized spacial score (nSPS) is 27.9. The van der Waals surface area contributed by atoms with E-state index in [-0.39, 0.29) is 17.4 Å². The third-order valence-corrected chi connectivity index (χ3v) is 11.2. The number of amides is 1. The van der Waals surface area contributed by atoms with Crippen LogP contribution in [0, 0.1) is 29.4 Å². The molecule has 1 aliphatic heterocycles. The number of carbonyl (C=O) groups is 1. The molecule has 1 aromatic carbocycles. The summed E-state index contributed by atoms with van der Waals surface area (Å²) in [6.07, 6.45) is 5.61. The van der Waals surface area contributed by atoms with Crippen molar-refractivity contribution in [3.05, 3.63) is 35.2 Å². The van der Waals surface area contributed by atoms with Gasteiger partial charge in [0.15, 0.2) is 5.13 Å². The van der Waals surface area contributed by atoms with Crippen LogP contribution in [0.2, 0.25) is 0 Å². The van der Waals surface area contributed by atoms with Gasteiger partial charge in [0.2, 0.25) is 5.91 Å². The van der Waals surface area contributed by atoms with E-state index in [1.54, 1.807) is 5.38 Å². The highest BCUT2D eigenvalue weighted by molar-refractivity contribution is 8.21. The van der Waals surface area contributed by atoms with Crippen LogP contribution in [-0.4, -0.2) is 26.5 Å². The van der Waals surface area contributed by atoms with Crippen molar-refractivity contribution in [3.63, 3.8) is 0 Å². The molecule has 0 radical (unpaired) electrons. The first-order chi connectivity index (χ1) is 14.0. The zero-order valence-corrected chi connectivity index (χ0v) is 18.3. The molecule has 1 N–H and O–H groups in total. The molecule has 8 heteroatoms. The standard InChI is InChI=1S/C21H22F2N2OS3/c22-15-4-5-17(23)16(10-15)18-11-27-20(24-18)25-19(26)12-8-13-2-1-3-14(9-12)21(13)28-6-7-29-21/h4-5,10-14H,1-3,6-9H2,(H,24,25,26). The number of thiazole rings is 1. The summed E-state index contributed by atoms with van der Waals surface area (Å²) in [7, 11) is 0. The number of benzene rings is 1. The van der Waals surface area contributed by atoms with Gasteiger partial charge in [0.25, 0.3) is 0 Å². The molecule has 154 valence electrons. The summed E-state index contributed by atoms with van der Waals surface area (Å²) in [5.41, 5.74) is 0.465. The first kappa shape index (κ1) is 19.8. The van der Waals surface area contributed by atoms with E-state index in [0.29, 0.717) is 26.7 Å². The maximum atomic E-state index is 14.0. The average molecular weight is 453 g/mol. The number of hydrogen-bond acceptors (Lipinski definition) is 5. The van der Waals surface area contributed by atoms with Crippen molar-refractivity contribution in [1.82, 2.24) is 4.98 Å². The number of nitrogens with zero attached hydrogens (tertiary/aromatic N) is 1. The molecule has 1 amide bonds. The fourth-order valence-electron chi connectivity index (χ4n) is 5.18. The van der Waals surface area contributed by atoms with Crippen molar-refractivity contribution in [2.24, 2.45) is 17.8 Å². The lowest BCUT2D eigenvalue weighted by atomic mass is 9.67. The van der Waals surface area contributed by atoms with E-state index < -0.39 is 11.6 Å². The van der Waals surface area contributed by atoms with Crippen LogP contribution < -0.4 is 5.32 Å². The highest BCUT2D eigenvalue weighted by atomic mass is 32.2. The Kier molecular flexibility index (Phi) is 5.37. The van der Waals surface area contributed by atoms with Gasteiger partial charge in [0, 0.05) is 28.4 Å². The number of carbonyl (C=O) groups excluding carboxylic acids is 1. The molecule has 2 saturated carbocycles. The van der Waals surface area contributed by atoms with Gasteiger partial charge in [0.1, 0.15) is 11.6 Å². The van der Waals surface area contributed by atoms with E-state index in [4.69, 9.17) is 0 Å². The fourth-order valence-corrected chi connectivity index (χ4v) is 9.83. The van der Waals surface area contributed by atoms with Gasteiger partial charge in [-0.25, -0.2) is 13.8 Å². The van der Waals surface area contributed by atoms with Crippen molar-refractivity contribution in [2.45, 2.75) is 36.2 Å². The molecule has 29 heavy (non-hydrogen) atoms. The Morgan fingerprint density at radius 1 is 1.14 bits per heavy atom. The third-order valence-electron chi connectivity index (χ3n) is 6.43. The van der Waals surface area contributed by atoms with Crippen molar-refractivity contribution in [1.29, 1.82) is 0 Å². The van der Waals surface area contributed by atoms with Gasteiger partial charge >= 0.3 is 0 Å². The molecule has 2 bridgehead atoms. The Labute approximate surface area is 181 Å². The van der Waals surface area contributed by atoms with Gasteiger partial charge in [-0.05, 0) is 55.7 Å². The van der Waals surface area contributed by atoms with E-state index >= 15 is 0 Å². The topological polar surface area (TPSA) is 42.0 Å². The Morgan fingerprint density at radius 3 is 2.59 bits per heavy atom. The lowest BCUT2D eigenvalue weighted by Crippen LogP contribution is -2.48. The maximum Gasteiger partial charge on any atom is 0.229 e. The maximum absolute atomic E-state index is 14.0. The summed E-state index contributed by atoms with van der Waals surface area (Å²) in [5.74, 6) is 2.67. The van der Waals surface area contributed by atoms with Gasteiger partial charge in [-0.1, -0.05) is 6.42 Å². The van der Waals surface area contributed by atoms with Crippen LogP contribution in [0.1, 0.15) is 32.1 Å². The van der Waals surface area contributed by atoms with Crippen molar-refractivity contribution in [2.75, 3.05) is 16.8 Å². The van der Waals surface area contributed by atoms with E-state index in [2.05, 4.69) is 33.8 Å². The lowest BCUT2D eigenvalue weighted by Gasteiger charge is -2.51. The lowest BCUT2D eigenvalue weighted by molar-refractivity contribution is -0.122. The molecule has 2 heterocycles. The second-order valence-corrected chi connectivity index (χ2v) is 11.9. The van der Waals surface area contributed by atoms with E-state index in [1.165, 1.54) is 42.1 Å². The summed E-state index contributed by atoms with van der Waals surface area (Å²) < 4.78 is 27.8. The molecule has 1 spiro atoms. The molecule has 3 aliphatic rings. The predicted octanol–water partition coefficient (Wildman–Crippen LogP) is 6.03. The number of thioether (sulfide) groups is 2. The summed E-state index contributed by atoms with van der Waals surface area (Å²) in [6, 6.07) is 3.31. The Hall–Kier alpha value is -1.12. The summed E-state index contributed by atoms with van der Waals surface area (Å²) in [4.78, 5) is 17.3. The number of rotatable bonds is 3. The van der Waals surface area contributed by atoms with Crippen LogP contribution in [0.15, 0.2) is 23.6 Å². The molecule has 2 atom stereocenters. The molecular formula is C21H22F2N2OS3. The first-order valence-corrected chi connectivity index (χ1v) is 12.9. The Morgan fingerprint density at radius 2 is 1.86 bits per heavy atom. The minimum absolute atomic E-state index is 0.0102. The van der Waals surface area contributed by atoms with E-state index in [9.17, 15) is 13.6 Å². The Balaban J connectivity index is 1.29. The second kappa shape index (κ2) is 7.85. The van der Waals surface area contributed by atoms with Crippen molar-refractivity contribution in [3.8, 4) is 11.3 Å². The van der Waals surface area contributed by atoms with Gasteiger partial charge < -0.3 is 5.32 Å². The highest BCUT2D eigenvalue weighted by Gasteiger charge is 2.55. The molecule has 3 fully saturated rings. The van der Waals surface area contributed by atoms with Gasteiger partial charge in [-0.2, -0.15) is 0 Å². The summed E-state index contributed by atoms with van der Waals surface area (Å²) in [5, 5.41) is 5.05. The molecule has 2 unspecified atom stereocenters. The average Bonchev–Trinajstić information content (AvgIpc) is 3.34. The zero-order valence-electron chi connectivity index (χ0n) is 15.8. The minimum atomic E-state index is -0.522. The number of nitrogens with one attached hydrogen (secondary N) is 1. The summed E-state index contributed by atoms with van der Waals surface area (Å²) >= 11 is 5.52. The molecule has 1 aromatic heterocycles. The van der Waals surface area contributed by atoms with E-state index in [0.717, 1.165) is 31.0 Å². The summed E-state index contributed by atoms with van der Waals surface area (Å²) in [6.45, 7) is 0. The zero-order chi connectivity index (χ0) is 20.0. The smallest absolute Gasteiger partial charge is 0.229 e. The van der Waals surface area contributed by atoms with Crippen molar-refractivity contribution < 1.29 is 13.6 Å². The third kappa shape index (κ3) is 3.61. The molecule has 2 aliphatic carbocycles. The largest absolute Gasteiger partial charge is 0.302 e. The van der Waals surface area contributed by atoms with Gasteiger partial charge in [-0.15, -0.1) is 34.9 Å². The SMILES string of the molecule is O=C(Nc1nc(-c2cc(F)ccc2F)cs1)C1CC2CCCC(C1)C21SCCS1. The first-order valence-electron chi connectivity index (χ1n) is 10.0. The quantitative estimate of drug-likeness (QED) is 0.617. The van der Waals surface area contributed by atoms with Crippen molar-refractivity contribution >= 4 is 45.9 Å². The van der Waals surface area contributed by atoms with Crippen LogP contribution >= 0.6 is 34.9 Å². The number of halogens is 2.